The zero-order valence-corrected chi connectivity index (χ0v) is 12.6. The Balaban J connectivity index is 1.73. The van der Waals surface area contributed by atoms with Gasteiger partial charge < -0.3 is 10.6 Å². The van der Waals surface area contributed by atoms with Crippen molar-refractivity contribution in [3.8, 4) is 11.3 Å². The van der Waals surface area contributed by atoms with Crippen molar-refractivity contribution in [2.45, 2.75) is 18.9 Å². The molecule has 9 heteroatoms. The summed E-state index contributed by atoms with van der Waals surface area (Å²) in [5.74, 6) is -0.447. The molecular formula is C14H12N4O4S. The fourth-order valence-corrected chi connectivity index (χ4v) is 2.97. The molecule has 2 N–H and O–H groups in total. The van der Waals surface area contributed by atoms with Crippen LogP contribution in [0.2, 0.25) is 0 Å². The summed E-state index contributed by atoms with van der Waals surface area (Å²) in [6, 6.07) is 5.59. The number of nitro benzene ring substituents is 1. The Morgan fingerprint density at radius 3 is 3.00 bits per heavy atom. The summed E-state index contributed by atoms with van der Waals surface area (Å²) in [6.45, 7) is 0. The van der Waals surface area contributed by atoms with Crippen LogP contribution < -0.4 is 10.6 Å². The third kappa shape index (κ3) is 3.34. The van der Waals surface area contributed by atoms with Gasteiger partial charge in [0.05, 0.1) is 10.6 Å². The van der Waals surface area contributed by atoms with E-state index in [1.165, 1.54) is 23.5 Å². The molecular weight excluding hydrogens is 320 g/mol. The molecule has 8 nitrogen and oxygen atoms in total. The van der Waals surface area contributed by atoms with Crippen molar-refractivity contribution in [3.05, 3.63) is 39.8 Å². The maximum atomic E-state index is 12.0. The molecule has 0 radical (unpaired) electrons. The average Bonchev–Trinajstić information content (AvgIpc) is 3.16. The molecule has 1 aromatic carbocycles. The number of non-ortho nitro benzene ring substituents is 1. The number of carbonyl (C=O) groups excluding carboxylic acids is 2. The van der Waals surface area contributed by atoms with Crippen LogP contribution >= 0.6 is 11.3 Å². The van der Waals surface area contributed by atoms with E-state index < -0.39 is 11.0 Å². The monoisotopic (exact) mass is 332 g/mol. The summed E-state index contributed by atoms with van der Waals surface area (Å²) in [4.78, 5) is 37.7. The van der Waals surface area contributed by atoms with Gasteiger partial charge in [-0.05, 0) is 6.42 Å². The highest BCUT2D eigenvalue weighted by molar-refractivity contribution is 7.14. The zero-order valence-electron chi connectivity index (χ0n) is 11.8. The van der Waals surface area contributed by atoms with Crippen LogP contribution in [0.1, 0.15) is 12.8 Å². The van der Waals surface area contributed by atoms with Crippen molar-refractivity contribution in [1.82, 2.24) is 10.3 Å². The van der Waals surface area contributed by atoms with E-state index in [0.717, 1.165) is 0 Å². The van der Waals surface area contributed by atoms with Gasteiger partial charge in [0.1, 0.15) is 6.04 Å². The minimum Gasteiger partial charge on any atom is -0.344 e. The quantitative estimate of drug-likeness (QED) is 0.656. The van der Waals surface area contributed by atoms with Crippen LogP contribution in [-0.4, -0.2) is 27.8 Å². The number of hydrogen-bond donors (Lipinski definition) is 2. The lowest BCUT2D eigenvalue weighted by Gasteiger charge is -2.08. The molecule has 0 saturated carbocycles. The van der Waals surface area contributed by atoms with E-state index in [1.54, 1.807) is 17.5 Å². The zero-order chi connectivity index (χ0) is 16.4. The van der Waals surface area contributed by atoms with Gasteiger partial charge in [-0.2, -0.15) is 0 Å². The van der Waals surface area contributed by atoms with E-state index in [4.69, 9.17) is 0 Å². The number of aromatic nitrogens is 1. The van der Waals surface area contributed by atoms with Gasteiger partial charge in [-0.3, -0.25) is 19.7 Å². The summed E-state index contributed by atoms with van der Waals surface area (Å²) in [7, 11) is 0. The van der Waals surface area contributed by atoms with Gasteiger partial charge >= 0.3 is 0 Å². The molecule has 3 rings (SSSR count). The molecule has 2 amide bonds. The molecule has 2 heterocycles. The first-order chi connectivity index (χ1) is 11.0. The summed E-state index contributed by atoms with van der Waals surface area (Å²) >= 11 is 1.22. The maximum Gasteiger partial charge on any atom is 0.270 e. The number of amides is 2. The number of nitro groups is 1. The molecule has 23 heavy (non-hydrogen) atoms. The average molecular weight is 332 g/mol. The largest absolute Gasteiger partial charge is 0.344 e. The van der Waals surface area contributed by atoms with Crippen molar-refractivity contribution in [3.63, 3.8) is 0 Å². The highest BCUT2D eigenvalue weighted by Crippen LogP contribution is 2.27. The van der Waals surface area contributed by atoms with Crippen LogP contribution in [-0.2, 0) is 9.59 Å². The minimum absolute atomic E-state index is 0.0187. The molecule has 1 atom stereocenters. The smallest absolute Gasteiger partial charge is 0.270 e. The number of benzene rings is 1. The Labute approximate surface area is 134 Å². The molecule has 1 aliphatic heterocycles. The lowest BCUT2D eigenvalue weighted by atomic mass is 10.1. The van der Waals surface area contributed by atoms with Crippen molar-refractivity contribution < 1.29 is 14.5 Å². The predicted molar refractivity (Wildman–Crippen MR) is 84.0 cm³/mol. The Morgan fingerprint density at radius 1 is 1.48 bits per heavy atom. The molecule has 0 aliphatic carbocycles. The van der Waals surface area contributed by atoms with Gasteiger partial charge in [0.2, 0.25) is 11.8 Å². The molecule has 0 bridgehead atoms. The molecule has 1 fully saturated rings. The van der Waals surface area contributed by atoms with Crippen molar-refractivity contribution >= 4 is 34.0 Å². The summed E-state index contributed by atoms with van der Waals surface area (Å²) in [6.07, 6.45) is 0.808. The SMILES string of the molecule is O=C1CC[C@H](C(=O)Nc2nc(-c3cccc([N+](=O)[O-])c3)cs2)N1. The van der Waals surface area contributed by atoms with Crippen LogP contribution in [0.3, 0.4) is 0 Å². The van der Waals surface area contributed by atoms with Gasteiger partial charge in [-0.25, -0.2) is 4.98 Å². The van der Waals surface area contributed by atoms with E-state index in [9.17, 15) is 19.7 Å². The first-order valence-electron chi connectivity index (χ1n) is 6.83. The van der Waals surface area contributed by atoms with Gasteiger partial charge in [0.25, 0.3) is 5.69 Å². The third-order valence-electron chi connectivity index (χ3n) is 3.40. The van der Waals surface area contributed by atoms with Crippen LogP contribution in [0.25, 0.3) is 11.3 Å². The van der Waals surface area contributed by atoms with Crippen LogP contribution in [0.4, 0.5) is 10.8 Å². The van der Waals surface area contributed by atoms with Gasteiger partial charge in [-0.15, -0.1) is 11.3 Å². The number of carbonyl (C=O) groups is 2. The Kier molecular flexibility index (Phi) is 4.02. The second kappa shape index (κ2) is 6.13. The second-order valence-corrected chi connectivity index (χ2v) is 5.85. The maximum absolute atomic E-state index is 12.0. The summed E-state index contributed by atoms with van der Waals surface area (Å²) < 4.78 is 0. The lowest BCUT2D eigenvalue weighted by Crippen LogP contribution is -2.37. The van der Waals surface area contributed by atoms with E-state index >= 15 is 0 Å². The summed E-state index contributed by atoms with van der Waals surface area (Å²) in [5.41, 5.74) is 1.13. The molecule has 118 valence electrons. The number of nitrogens with zero attached hydrogens (tertiary/aromatic N) is 2. The molecule has 1 saturated heterocycles. The number of nitrogens with one attached hydrogen (secondary N) is 2. The molecule has 0 spiro atoms. The Bertz CT molecular complexity index is 789. The van der Waals surface area contributed by atoms with E-state index in [1.807, 2.05) is 0 Å². The van der Waals surface area contributed by atoms with E-state index in [2.05, 4.69) is 15.6 Å². The molecule has 1 aromatic heterocycles. The first kappa shape index (κ1) is 15.1. The number of thiazole rings is 1. The fraction of sp³-hybridized carbons (Fsp3) is 0.214. The standard InChI is InChI=1S/C14H12N4O4S/c19-12-5-4-10(15-12)13(20)17-14-16-11(7-23-14)8-2-1-3-9(6-8)18(21)22/h1-3,6-7,10H,4-5H2,(H,15,19)(H,16,17,20)/t10-/m1/s1. The van der Waals surface area contributed by atoms with Crippen molar-refractivity contribution in [2.24, 2.45) is 0 Å². The van der Waals surface area contributed by atoms with Crippen LogP contribution in [0.15, 0.2) is 29.6 Å². The topological polar surface area (TPSA) is 114 Å². The Hall–Kier alpha value is -2.81. The lowest BCUT2D eigenvalue weighted by molar-refractivity contribution is -0.384. The fourth-order valence-electron chi connectivity index (χ4n) is 2.25. The molecule has 1 aliphatic rings. The number of hydrogen-bond acceptors (Lipinski definition) is 6. The van der Waals surface area contributed by atoms with Gasteiger partial charge in [-0.1, -0.05) is 12.1 Å². The second-order valence-electron chi connectivity index (χ2n) is 4.99. The number of anilines is 1. The van der Waals surface area contributed by atoms with Crippen LogP contribution in [0, 0.1) is 10.1 Å². The van der Waals surface area contributed by atoms with Gasteiger partial charge in [0.15, 0.2) is 5.13 Å². The normalized spacial score (nSPS) is 16.9. The van der Waals surface area contributed by atoms with E-state index in [-0.39, 0.29) is 17.5 Å². The highest BCUT2D eigenvalue weighted by Gasteiger charge is 2.27. The Morgan fingerprint density at radius 2 is 2.30 bits per heavy atom. The summed E-state index contributed by atoms with van der Waals surface area (Å²) in [5, 5.41) is 18.1. The third-order valence-corrected chi connectivity index (χ3v) is 4.16. The van der Waals surface area contributed by atoms with Crippen LogP contribution in [0.5, 0.6) is 0 Å². The van der Waals surface area contributed by atoms with E-state index in [0.29, 0.717) is 29.2 Å². The minimum atomic E-state index is -0.535. The predicted octanol–water partition coefficient (Wildman–Crippen LogP) is 1.94. The highest BCUT2D eigenvalue weighted by atomic mass is 32.1. The first-order valence-corrected chi connectivity index (χ1v) is 7.71. The van der Waals surface area contributed by atoms with Crippen molar-refractivity contribution in [1.29, 1.82) is 0 Å². The van der Waals surface area contributed by atoms with Crippen molar-refractivity contribution in [2.75, 3.05) is 5.32 Å². The molecule has 0 unspecified atom stereocenters. The number of rotatable bonds is 4. The molecule has 2 aromatic rings. The van der Waals surface area contributed by atoms with Gasteiger partial charge in [0, 0.05) is 29.5 Å².